The number of alkyl halides is 3. The number of halogens is 3. The van der Waals surface area contributed by atoms with Gasteiger partial charge in [0.25, 0.3) is 0 Å². The quantitative estimate of drug-likeness (QED) is 0.427. The van der Waals surface area contributed by atoms with E-state index in [9.17, 15) is 13.2 Å². The molecule has 1 unspecified atom stereocenters. The monoisotopic (exact) mass is 406 g/mol. The van der Waals surface area contributed by atoms with Crippen molar-refractivity contribution in [3.05, 3.63) is 59.6 Å². The third-order valence-electron chi connectivity index (χ3n) is 4.07. The number of guanidine groups is 1. The van der Waals surface area contributed by atoms with Crippen LogP contribution in [-0.2, 0) is 12.7 Å². The van der Waals surface area contributed by atoms with Crippen LogP contribution in [0.3, 0.4) is 0 Å². The van der Waals surface area contributed by atoms with Gasteiger partial charge in [-0.25, -0.2) is 9.98 Å². The lowest BCUT2D eigenvalue weighted by atomic mass is 10.1. The number of aliphatic imine (C=N–C) groups is 1. The maximum absolute atomic E-state index is 12.9. The number of benzene rings is 1. The van der Waals surface area contributed by atoms with Crippen molar-refractivity contribution in [1.29, 1.82) is 0 Å². The molecular weight excluding hydrogens is 385 g/mol. The zero-order chi connectivity index (χ0) is 20.9. The number of hydrogen-bond donors (Lipinski definition) is 3. The van der Waals surface area contributed by atoms with Crippen molar-refractivity contribution < 1.29 is 17.6 Å². The molecule has 0 aliphatic carbocycles. The standard InChI is InChI=1S/C19H21F3N6O/c1-3-23-18(24-11-16-26-17(28-27-16)15-8-5-9-29-15)25-12(2)13-6-4-7-14(10-13)19(20,21)22/h4-10,12H,3,11H2,1-2H3,(H2,23,24,25)(H,26,27,28). The lowest BCUT2D eigenvalue weighted by Gasteiger charge is -2.19. The second kappa shape index (κ2) is 8.80. The first-order chi connectivity index (χ1) is 13.9. The van der Waals surface area contributed by atoms with Gasteiger partial charge in [-0.05, 0) is 43.7 Å². The minimum absolute atomic E-state index is 0.207. The summed E-state index contributed by atoms with van der Waals surface area (Å²) in [6.45, 7) is 4.47. The number of aromatic nitrogens is 3. The Morgan fingerprint density at radius 1 is 1.28 bits per heavy atom. The lowest BCUT2D eigenvalue weighted by Crippen LogP contribution is -2.38. The maximum atomic E-state index is 12.9. The number of rotatable bonds is 6. The summed E-state index contributed by atoms with van der Waals surface area (Å²) < 4.78 is 44.1. The number of nitrogens with zero attached hydrogens (tertiary/aromatic N) is 3. The minimum Gasteiger partial charge on any atom is -0.461 e. The van der Waals surface area contributed by atoms with E-state index in [-0.39, 0.29) is 12.6 Å². The summed E-state index contributed by atoms with van der Waals surface area (Å²) in [6.07, 6.45) is -2.85. The Labute approximate surface area is 165 Å². The van der Waals surface area contributed by atoms with E-state index >= 15 is 0 Å². The highest BCUT2D eigenvalue weighted by molar-refractivity contribution is 5.80. The van der Waals surface area contributed by atoms with E-state index in [1.54, 1.807) is 25.1 Å². The van der Waals surface area contributed by atoms with Gasteiger partial charge in [0.1, 0.15) is 12.4 Å². The smallest absolute Gasteiger partial charge is 0.416 e. The van der Waals surface area contributed by atoms with Gasteiger partial charge in [-0.15, -0.1) is 5.10 Å². The van der Waals surface area contributed by atoms with E-state index in [1.807, 2.05) is 6.92 Å². The Morgan fingerprint density at radius 2 is 2.10 bits per heavy atom. The van der Waals surface area contributed by atoms with Crippen molar-refractivity contribution >= 4 is 5.96 Å². The maximum Gasteiger partial charge on any atom is 0.416 e. The fourth-order valence-electron chi connectivity index (χ4n) is 2.63. The van der Waals surface area contributed by atoms with Crippen LogP contribution in [0.4, 0.5) is 13.2 Å². The topological polar surface area (TPSA) is 91.1 Å². The van der Waals surface area contributed by atoms with Gasteiger partial charge in [0.15, 0.2) is 11.7 Å². The van der Waals surface area contributed by atoms with Gasteiger partial charge >= 0.3 is 6.18 Å². The average molecular weight is 406 g/mol. The van der Waals surface area contributed by atoms with Crippen LogP contribution < -0.4 is 10.6 Å². The van der Waals surface area contributed by atoms with E-state index in [2.05, 4.69) is 30.8 Å². The van der Waals surface area contributed by atoms with E-state index < -0.39 is 11.7 Å². The second-order valence-electron chi connectivity index (χ2n) is 6.27. The summed E-state index contributed by atoms with van der Waals surface area (Å²) in [7, 11) is 0. The van der Waals surface area contributed by atoms with Crippen LogP contribution in [-0.4, -0.2) is 27.7 Å². The zero-order valence-corrected chi connectivity index (χ0v) is 15.9. The molecule has 0 spiro atoms. The molecule has 1 atom stereocenters. The molecule has 0 saturated heterocycles. The number of H-pyrrole nitrogens is 1. The van der Waals surface area contributed by atoms with E-state index in [0.29, 0.717) is 35.5 Å². The molecule has 10 heteroatoms. The van der Waals surface area contributed by atoms with Gasteiger partial charge in [0.2, 0.25) is 5.82 Å². The van der Waals surface area contributed by atoms with Crippen LogP contribution in [0.2, 0.25) is 0 Å². The fraction of sp³-hybridized carbons (Fsp3) is 0.316. The van der Waals surface area contributed by atoms with Crippen molar-refractivity contribution in [3.8, 4) is 11.6 Å². The minimum atomic E-state index is -4.38. The van der Waals surface area contributed by atoms with E-state index in [1.165, 1.54) is 12.3 Å². The normalized spacial score (nSPS) is 13.3. The predicted molar refractivity (Wildman–Crippen MR) is 102 cm³/mol. The molecule has 29 heavy (non-hydrogen) atoms. The molecule has 3 aromatic rings. The van der Waals surface area contributed by atoms with Crippen LogP contribution in [0.1, 0.15) is 36.8 Å². The molecule has 0 fully saturated rings. The van der Waals surface area contributed by atoms with Crippen LogP contribution in [0, 0.1) is 0 Å². The summed E-state index contributed by atoms with van der Waals surface area (Å²) in [4.78, 5) is 8.74. The molecule has 3 rings (SSSR count). The van der Waals surface area contributed by atoms with Gasteiger partial charge in [-0.1, -0.05) is 12.1 Å². The summed E-state index contributed by atoms with van der Waals surface area (Å²) in [5.74, 6) is 1.95. The Hall–Kier alpha value is -3.30. The Balaban J connectivity index is 1.69. The second-order valence-corrected chi connectivity index (χ2v) is 6.27. The number of aromatic amines is 1. The summed E-state index contributed by atoms with van der Waals surface area (Å²) >= 11 is 0. The van der Waals surface area contributed by atoms with E-state index in [0.717, 1.165) is 12.1 Å². The third kappa shape index (κ3) is 5.37. The van der Waals surface area contributed by atoms with Crippen LogP contribution >= 0.6 is 0 Å². The van der Waals surface area contributed by atoms with Crippen LogP contribution in [0.25, 0.3) is 11.6 Å². The average Bonchev–Trinajstić information content (AvgIpc) is 3.37. The van der Waals surface area contributed by atoms with Crippen molar-refractivity contribution in [2.75, 3.05) is 6.54 Å². The van der Waals surface area contributed by atoms with Crippen LogP contribution in [0.15, 0.2) is 52.1 Å². The summed E-state index contributed by atoms with van der Waals surface area (Å²) in [6, 6.07) is 8.32. The van der Waals surface area contributed by atoms with Crippen molar-refractivity contribution in [3.63, 3.8) is 0 Å². The molecule has 154 valence electrons. The third-order valence-corrected chi connectivity index (χ3v) is 4.07. The molecule has 0 aliphatic heterocycles. The molecule has 0 radical (unpaired) electrons. The zero-order valence-electron chi connectivity index (χ0n) is 15.9. The molecule has 0 amide bonds. The van der Waals surface area contributed by atoms with Gasteiger partial charge < -0.3 is 15.1 Å². The first kappa shape index (κ1) is 20.4. The highest BCUT2D eigenvalue weighted by Gasteiger charge is 2.30. The highest BCUT2D eigenvalue weighted by atomic mass is 19.4. The Morgan fingerprint density at radius 3 is 2.79 bits per heavy atom. The molecule has 2 aromatic heterocycles. The first-order valence-electron chi connectivity index (χ1n) is 9.04. The Bertz CT molecular complexity index is 949. The molecule has 2 heterocycles. The van der Waals surface area contributed by atoms with Crippen molar-refractivity contribution in [2.24, 2.45) is 4.99 Å². The predicted octanol–water partition coefficient (Wildman–Crippen LogP) is 3.90. The summed E-state index contributed by atoms with van der Waals surface area (Å²) in [5.41, 5.74) is -0.178. The largest absolute Gasteiger partial charge is 0.461 e. The first-order valence-corrected chi connectivity index (χ1v) is 9.04. The molecule has 0 aliphatic rings. The number of hydrogen-bond acceptors (Lipinski definition) is 4. The van der Waals surface area contributed by atoms with E-state index in [4.69, 9.17) is 4.42 Å². The van der Waals surface area contributed by atoms with Gasteiger partial charge in [-0.3, -0.25) is 5.10 Å². The molecule has 0 bridgehead atoms. The molecule has 3 N–H and O–H groups in total. The van der Waals surface area contributed by atoms with Gasteiger partial charge in [-0.2, -0.15) is 13.2 Å². The SMILES string of the molecule is CCNC(=NCc1nc(-c2ccco2)n[nH]1)NC(C)c1cccc(C(F)(F)F)c1. The number of nitrogens with one attached hydrogen (secondary N) is 3. The highest BCUT2D eigenvalue weighted by Crippen LogP contribution is 2.30. The van der Waals surface area contributed by atoms with Crippen LogP contribution in [0.5, 0.6) is 0 Å². The van der Waals surface area contributed by atoms with Gasteiger partial charge in [0, 0.05) is 6.54 Å². The number of furan rings is 1. The summed E-state index contributed by atoms with van der Waals surface area (Å²) in [5, 5.41) is 13.0. The van der Waals surface area contributed by atoms with Crippen molar-refractivity contribution in [2.45, 2.75) is 32.6 Å². The molecule has 7 nitrogen and oxygen atoms in total. The lowest BCUT2D eigenvalue weighted by molar-refractivity contribution is -0.137. The fourth-order valence-corrected chi connectivity index (χ4v) is 2.63. The van der Waals surface area contributed by atoms with Gasteiger partial charge in [0.05, 0.1) is 17.9 Å². The molecule has 0 saturated carbocycles. The van der Waals surface area contributed by atoms with Crippen molar-refractivity contribution in [1.82, 2.24) is 25.8 Å². The molecule has 1 aromatic carbocycles. The Kier molecular flexibility index (Phi) is 6.20. The molecular formula is C19H21F3N6O.